The van der Waals surface area contributed by atoms with Gasteiger partial charge in [-0.15, -0.1) is 0 Å². The van der Waals surface area contributed by atoms with E-state index >= 15 is 0 Å². The van der Waals surface area contributed by atoms with Crippen molar-refractivity contribution in [1.82, 2.24) is 9.80 Å². The summed E-state index contributed by atoms with van der Waals surface area (Å²) >= 11 is 0. The highest BCUT2D eigenvalue weighted by molar-refractivity contribution is 7.90. The monoisotopic (exact) mass is 364 g/mol. The number of hydrogen-bond acceptors (Lipinski definition) is 4. The predicted molar refractivity (Wildman–Crippen MR) is 102 cm³/mol. The molecule has 5 heteroatoms. The molecule has 0 unspecified atom stereocenters. The van der Waals surface area contributed by atoms with Crippen molar-refractivity contribution in [1.29, 1.82) is 0 Å². The van der Waals surface area contributed by atoms with Gasteiger partial charge in [0.15, 0.2) is 9.84 Å². The van der Waals surface area contributed by atoms with Gasteiger partial charge in [-0.2, -0.15) is 0 Å². The maximum Gasteiger partial charge on any atom is 0.175 e. The second kappa shape index (κ2) is 7.77. The summed E-state index contributed by atoms with van der Waals surface area (Å²) < 4.78 is 23.2. The highest BCUT2D eigenvalue weighted by Crippen LogP contribution is 2.32. The molecule has 0 aromatic heterocycles. The number of rotatable bonds is 6. The molecule has 1 heterocycles. The minimum absolute atomic E-state index is 0.405. The number of hydrogen-bond donors (Lipinski definition) is 0. The van der Waals surface area contributed by atoms with Gasteiger partial charge < -0.3 is 0 Å². The van der Waals surface area contributed by atoms with Gasteiger partial charge in [0, 0.05) is 31.9 Å². The summed E-state index contributed by atoms with van der Waals surface area (Å²) in [6, 6.07) is 8.03. The molecule has 0 spiro atoms. The standard InChI is InChI=1S/C20H32N2O2S/c1-16(2)20-15-21(11-4-12-22(20)14-18-5-6-18)13-17-7-9-19(10-8-17)25(3,23)24/h7-10,16,18,20H,4-6,11-15H2,1-3H3/t20-/m1/s1. The Hall–Kier alpha value is -0.910. The third-order valence-electron chi connectivity index (χ3n) is 5.55. The highest BCUT2D eigenvalue weighted by atomic mass is 32.2. The van der Waals surface area contributed by atoms with Crippen molar-refractivity contribution in [3.63, 3.8) is 0 Å². The topological polar surface area (TPSA) is 40.6 Å². The van der Waals surface area contributed by atoms with Crippen molar-refractivity contribution in [2.24, 2.45) is 11.8 Å². The zero-order valence-electron chi connectivity index (χ0n) is 15.8. The van der Waals surface area contributed by atoms with Crippen LogP contribution in [0.5, 0.6) is 0 Å². The van der Waals surface area contributed by atoms with E-state index in [-0.39, 0.29) is 0 Å². The fraction of sp³-hybridized carbons (Fsp3) is 0.700. The molecule has 0 bridgehead atoms. The van der Waals surface area contributed by atoms with Crippen LogP contribution in [0.3, 0.4) is 0 Å². The van der Waals surface area contributed by atoms with Crippen LogP contribution in [0.25, 0.3) is 0 Å². The van der Waals surface area contributed by atoms with Gasteiger partial charge in [0.1, 0.15) is 0 Å². The quantitative estimate of drug-likeness (QED) is 0.778. The normalized spacial score (nSPS) is 23.8. The number of nitrogens with zero attached hydrogens (tertiary/aromatic N) is 2. The van der Waals surface area contributed by atoms with Crippen molar-refractivity contribution in [3.8, 4) is 0 Å². The van der Waals surface area contributed by atoms with E-state index in [2.05, 4.69) is 23.6 Å². The lowest BCUT2D eigenvalue weighted by Crippen LogP contribution is -2.45. The fourth-order valence-corrected chi connectivity index (χ4v) is 4.50. The van der Waals surface area contributed by atoms with Crippen molar-refractivity contribution in [3.05, 3.63) is 29.8 Å². The van der Waals surface area contributed by atoms with E-state index in [4.69, 9.17) is 0 Å². The van der Waals surface area contributed by atoms with Gasteiger partial charge in [-0.1, -0.05) is 26.0 Å². The number of benzene rings is 1. The minimum atomic E-state index is -3.11. The van der Waals surface area contributed by atoms with Crippen LogP contribution in [0.4, 0.5) is 0 Å². The van der Waals surface area contributed by atoms with Gasteiger partial charge in [0.25, 0.3) is 0 Å². The van der Waals surface area contributed by atoms with E-state index in [1.54, 1.807) is 12.1 Å². The van der Waals surface area contributed by atoms with Gasteiger partial charge in [-0.3, -0.25) is 9.80 Å². The Morgan fingerprint density at radius 3 is 2.36 bits per heavy atom. The Kier molecular flexibility index (Phi) is 5.86. The smallest absolute Gasteiger partial charge is 0.175 e. The summed E-state index contributed by atoms with van der Waals surface area (Å²) in [5, 5.41) is 0. The van der Waals surface area contributed by atoms with Crippen LogP contribution in [0.15, 0.2) is 29.2 Å². The first-order valence-corrected chi connectivity index (χ1v) is 11.5. The van der Waals surface area contributed by atoms with E-state index in [1.165, 1.54) is 44.2 Å². The van der Waals surface area contributed by atoms with Crippen molar-refractivity contribution < 1.29 is 8.42 Å². The SMILES string of the molecule is CC(C)[C@H]1CN(Cc2ccc(S(C)(=O)=O)cc2)CCCN1CC1CC1. The first-order valence-electron chi connectivity index (χ1n) is 9.58. The zero-order chi connectivity index (χ0) is 18.0. The molecule has 4 nitrogen and oxygen atoms in total. The molecule has 140 valence electrons. The van der Waals surface area contributed by atoms with E-state index in [0.29, 0.717) is 16.9 Å². The molecule has 2 fully saturated rings. The molecule has 2 aliphatic rings. The average Bonchev–Trinajstić information content (AvgIpc) is 3.36. The Morgan fingerprint density at radius 1 is 1.12 bits per heavy atom. The summed E-state index contributed by atoms with van der Waals surface area (Å²) in [6.07, 6.45) is 5.31. The largest absolute Gasteiger partial charge is 0.299 e. The average molecular weight is 365 g/mol. The maximum absolute atomic E-state index is 11.6. The molecule has 1 aromatic rings. The lowest BCUT2D eigenvalue weighted by atomic mass is 10.0. The second-order valence-electron chi connectivity index (χ2n) is 8.25. The minimum Gasteiger partial charge on any atom is -0.299 e. The molecule has 0 radical (unpaired) electrons. The molecule has 1 aliphatic heterocycles. The van der Waals surface area contributed by atoms with Crippen LogP contribution < -0.4 is 0 Å². The van der Waals surface area contributed by atoms with Gasteiger partial charge in [-0.25, -0.2) is 8.42 Å². The molecular weight excluding hydrogens is 332 g/mol. The molecule has 25 heavy (non-hydrogen) atoms. The lowest BCUT2D eigenvalue weighted by Gasteiger charge is -2.34. The van der Waals surface area contributed by atoms with E-state index in [0.717, 1.165) is 25.6 Å². The summed E-state index contributed by atoms with van der Waals surface area (Å²) in [6.45, 7) is 10.3. The summed E-state index contributed by atoms with van der Waals surface area (Å²) in [5.41, 5.74) is 1.20. The molecule has 1 aliphatic carbocycles. The van der Waals surface area contributed by atoms with Crippen LogP contribution in [0, 0.1) is 11.8 Å². The molecule has 3 rings (SSSR count). The fourth-order valence-electron chi connectivity index (χ4n) is 3.87. The third kappa shape index (κ3) is 5.28. The number of sulfone groups is 1. The van der Waals surface area contributed by atoms with Gasteiger partial charge in [-0.05, 0) is 61.9 Å². The maximum atomic E-state index is 11.6. The van der Waals surface area contributed by atoms with E-state index in [1.807, 2.05) is 12.1 Å². The van der Waals surface area contributed by atoms with Gasteiger partial charge in [0.05, 0.1) is 4.90 Å². The Labute approximate surface area is 153 Å². The molecule has 1 saturated carbocycles. The van der Waals surface area contributed by atoms with Crippen LogP contribution in [0.2, 0.25) is 0 Å². The van der Waals surface area contributed by atoms with Crippen LogP contribution in [-0.2, 0) is 16.4 Å². The van der Waals surface area contributed by atoms with Crippen molar-refractivity contribution in [2.75, 3.05) is 32.4 Å². The third-order valence-corrected chi connectivity index (χ3v) is 6.68. The van der Waals surface area contributed by atoms with Crippen LogP contribution in [-0.4, -0.2) is 56.7 Å². The van der Waals surface area contributed by atoms with Crippen molar-refractivity contribution in [2.45, 2.75) is 50.6 Å². The van der Waals surface area contributed by atoms with Gasteiger partial charge >= 0.3 is 0 Å². The van der Waals surface area contributed by atoms with Crippen LogP contribution >= 0.6 is 0 Å². The summed E-state index contributed by atoms with van der Waals surface area (Å²) in [5.74, 6) is 1.60. The Bertz CT molecular complexity index is 665. The molecule has 1 saturated heterocycles. The predicted octanol–water partition coefficient (Wildman–Crippen LogP) is 3.03. The first kappa shape index (κ1) is 18.9. The molecule has 0 N–H and O–H groups in total. The second-order valence-corrected chi connectivity index (χ2v) is 10.3. The van der Waals surface area contributed by atoms with Crippen LogP contribution in [0.1, 0.15) is 38.7 Å². The lowest BCUT2D eigenvalue weighted by molar-refractivity contribution is 0.132. The van der Waals surface area contributed by atoms with E-state index < -0.39 is 9.84 Å². The van der Waals surface area contributed by atoms with Crippen molar-refractivity contribution >= 4 is 9.84 Å². The molecule has 1 aromatic carbocycles. The molecule has 1 atom stereocenters. The highest BCUT2D eigenvalue weighted by Gasteiger charge is 2.32. The molecular formula is C20H32N2O2S. The Balaban J connectivity index is 1.65. The Morgan fingerprint density at radius 2 is 1.80 bits per heavy atom. The van der Waals surface area contributed by atoms with E-state index in [9.17, 15) is 8.42 Å². The molecule has 0 amide bonds. The summed E-state index contributed by atoms with van der Waals surface area (Å²) in [7, 11) is -3.11. The first-order chi connectivity index (χ1) is 11.8. The van der Waals surface area contributed by atoms with Gasteiger partial charge in [0.2, 0.25) is 0 Å². The summed E-state index contributed by atoms with van der Waals surface area (Å²) in [4.78, 5) is 5.69. The zero-order valence-corrected chi connectivity index (χ0v) is 16.6.